The summed E-state index contributed by atoms with van der Waals surface area (Å²) in [4.78, 5) is 44.7. The van der Waals surface area contributed by atoms with Gasteiger partial charge in [-0.1, -0.05) is 18.2 Å². The first-order valence-corrected chi connectivity index (χ1v) is 9.66. The Morgan fingerprint density at radius 1 is 1.18 bits per heavy atom. The number of carbonyl (C=O) groups excluding carboxylic acids is 3. The van der Waals surface area contributed by atoms with Crippen LogP contribution >= 0.6 is 0 Å². The van der Waals surface area contributed by atoms with Gasteiger partial charge in [-0.05, 0) is 25.0 Å². The number of para-hydroxylation sites is 1. The van der Waals surface area contributed by atoms with Gasteiger partial charge in [0.15, 0.2) is 0 Å². The van der Waals surface area contributed by atoms with Crippen molar-refractivity contribution in [1.29, 1.82) is 0 Å². The maximum absolute atomic E-state index is 12.7. The molecule has 7 heteroatoms. The van der Waals surface area contributed by atoms with E-state index in [0.717, 1.165) is 29.4 Å². The monoisotopic (exact) mass is 380 g/mol. The molecule has 7 nitrogen and oxygen atoms in total. The Hall–Kier alpha value is -2.96. The topological polar surface area (TPSA) is 96.6 Å². The smallest absolute Gasteiger partial charge is 0.250 e. The third-order valence-corrected chi connectivity index (χ3v) is 5.90. The molecule has 2 saturated heterocycles. The van der Waals surface area contributed by atoms with Gasteiger partial charge in [-0.15, -0.1) is 0 Å². The van der Waals surface area contributed by atoms with Gasteiger partial charge >= 0.3 is 0 Å². The highest BCUT2D eigenvalue weighted by Crippen LogP contribution is 2.32. The number of amides is 3. The Morgan fingerprint density at radius 2 is 1.89 bits per heavy atom. The maximum atomic E-state index is 12.7. The number of primary amides is 1. The number of nitrogens with zero attached hydrogens (tertiary/aromatic N) is 3. The molecule has 0 radical (unpaired) electrons. The van der Waals surface area contributed by atoms with Crippen molar-refractivity contribution < 1.29 is 14.4 Å². The molecule has 3 heterocycles. The molecule has 1 aromatic heterocycles. The molecule has 0 saturated carbocycles. The Labute approximate surface area is 163 Å². The molecule has 2 aliphatic rings. The lowest BCUT2D eigenvalue weighted by molar-refractivity contribution is -0.136. The van der Waals surface area contributed by atoms with E-state index >= 15 is 0 Å². The zero-order chi connectivity index (χ0) is 19.8. The summed E-state index contributed by atoms with van der Waals surface area (Å²) in [6.07, 6.45) is 1.76. The number of hydrogen-bond donors (Lipinski definition) is 1. The Morgan fingerprint density at radius 3 is 2.54 bits per heavy atom. The predicted octanol–water partition coefficient (Wildman–Crippen LogP) is 1.52. The summed E-state index contributed by atoms with van der Waals surface area (Å²) < 4.78 is 0. The highest BCUT2D eigenvalue weighted by Gasteiger charge is 2.36. The molecule has 1 aromatic carbocycles. The maximum Gasteiger partial charge on any atom is 0.250 e. The largest absolute Gasteiger partial charge is 0.366 e. The lowest BCUT2D eigenvalue weighted by Gasteiger charge is -2.33. The van der Waals surface area contributed by atoms with Crippen LogP contribution in [0.5, 0.6) is 0 Å². The van der Waals surface area contributed by atoms with Gasteiger partial charge in [-0.2, -0.15) is 0 Å². The highest BCUT2D eigenvalue weighted by molar-refractivity contribution is 5.98. The highest BCUT2D eigenvalue weighted by atomic mass is 16.2. The van der Waals surface area contributed by atoms with Crippen LogP contribution in [-0.2, 0) is 9.59 Å². The summed E-state index contributed by atoms with van der Waals surface area (Å²) in [5.74, 6) is -0.547. The second-order valence-corrected chi connectivity index (χ2v) is 7.75. The molecule has 1 unspecified atom stereocenters. The Bertz CT molecular complexity index is 950. The van der Waals surface area contributed by atoms with Crippen LogP contribution in [0.4, 0.5) is 0 Å². The summed E-state index contributed by atoms with van der Waals surface area (Å²) in [7, 11) is 1.73. The Balaban J connectivity index is 1.51. The summed E-state index contributed by atoms with van der Waals surface area (Å²) in [5, 5.41) is 0.891. The second kappa shape index (κ2) is 7.22. The van der Waals surface area contributed by atoms with Crippen molar-refractivity contribution in [2.24, 2.45) is 11.7 Å². The Kier molecular flexibility index (Phi) is 4.75. The zero-order valence-corrected chi connectivity index (χ0v) is 15.9. The minimum atomic E-state index is -0.473. The quantitative estimate of drug-likeness (QED) is 0.873. The molecule has 0 aliphatic carbocycles. The number of aromatic nitrogens is 1. The number of nitrogens with two attached hydrogens (primary N) is 1. The third-order valence-electron chi connectivity index (χ3n) is 5.90. The molecular formula is C21H24N4O3. The summed E-state index contributed by atoms with van der Waals surface area (Å²) in [5.41, 5.74) is 7.65. The van der Waals surface area contributed by atoms with Gasteiger partial charge < -0.3 is 15.5 Å². The van der Waals surface area contributed by atoms with Crippen LogP contribution in [0.1, 0.15) is 41.2 Å². The van der Waals surface area contributed by atoms with Crippen LogP contribution in [0.2, 0.25) is 0 Å². The van der Waals surface area contributed by atoms with Crippen molar-refractivity contribution in [3.63, 3.8) is 0 Å². The molecule has 0 bridgehead atoms. The molecule has 3 amide bonds. The number of pyridine rings is 1. The number of likely N-dealkylation sites (tertiary alicyclic amines) is 2. The molecular weight excluding hydrogens is 356 g/mol. The number of hydrogen-bond acceptors (Lipinski definition) is 4. The molecule has 28 heavy (non-hydrogen) atoms. The lowest BCUT2D eigenvalue weighted by atomic mass is 9.89. The number of benzene rings is 1. The van der Waals surface area contributed by atoms with Crippen LogP contribution in [0.3, 0.4) is 0 Å². The van der Waals surface area contributed by atoms with Crippen molar-refractivity contribution in [2.75, 3.05) is 26.7 Å². The first-order chi connectivity index (χ1) is 13.4. The predicted molar refractivity (Wildman–Crippen MR) is 105 cm³/mol. The molecule has 2 fully saturated rings. The number of carbonyl (C=O) groups is 3. The first-order valence-electron chi connectivity index (χ1n) is 9.66. The zero-order valence-electron chi connectivity index (χ0n) is 15.9. The van der Waals surface area contributed by atoms with Crippen LogP contribution in [-0.4, -0.2) is 59.2 Å². The van der Waals surface area contributed by atoms with E-state index in [2.05, 4.69) is 0 Å². The second-order valence-electron chi connectivity index (χ2n) is 7.75. The van der Waals surface area contributed by atoms with Gasteiger partial charge in [0.25, 0.3) is 5.91 Å². The van der Waals surface area contributed by atoms with Crippen molar-refractivity contribution in [3.8, 4) is 0 Å². The van der Waals surface area contributed by atoms with Crippen LogP contribution < -0.4 is 5.73 Å². The normalized spacial score (nSPS) is 20.8. The number of rotatable bonds is 3. The fourth-order valence-corrected chi connectivity index (χ4v) is 4.30. The van der Waals surface area contributed by atoms with E-state index in [1.165, 1.54) is 0 Å². The molecule has 2 N–H and O–H groups in total. The average molecular weight is 380 g/mol. The van der Waals surface area contributed by atoms with Crippen molar-refractivity contribution in [1.82, 2.24) is 14.8 Å². The molecule has 1 atom stereocenters. The van der Waals surface area contributed by atoms with E-state index in [1.54, 1.807) is 11.9 Å². The summed E-state index contributed by atoms with van der Waals surface area (Å²) in [6, 6.07) is 9.49. The van der Waals surface area contributed by atoms with E-state index in [-0.39, 0.29) is 23.7 Å². The van der Waals surface area contributed by atoms with Crippen LogP contribution in [0.15, 0.2) is 30.3 Å². The van der Waals surface area contributed by atoms with Gasteiger partial charge in [-0.25, -0.2) is 0 Å². The van der Waals surface area contributed by atoms with E-state index < -0.39 is 5.91 Å². The third kappa shape index (κ3) is 3.32. The molecule has 146 valence electrons. The summed E-state index contributed by atoms with van der Waals surface area (Å²) in [6.45, 7) is 1.70. The molecule has 4 rings (SSSR count). The first kappa shape index (κ1) is 18.4. The molecule has 0 spiro atoms. The van der Waals surface area contributed by atoms with E-state index in [9.17, 15) is 14.4 Å². The minimum absolute atomic E-state index is 0.0275. The van der Waals surface area contributed by atoms with Gasteiger partial charge in [0.1, 0.15) is 0 Å². The van der Waals surface area contributed by atoms with E-state index in [4.69, 9.17) is 10.7 Å². The fourth-order valence-electron chi connectivity index (χ4n) is 4.30. The summed E-state index contributed by atoms with van der Waals surface area (Å²) >= 11 is 0. The minimum Gasteiger partial charge on any atom is -0.366 e. The SMILES string of the molecule is CN1CC(C(=O)N2CCC(c3nc4ccccc4cc3C(N)=O)CC2)CC1=O. The van der Waals surface area contributed by atoms with Crippen LogP contribution in [0.25, 0.3) is 10.9 Å². The van der Waals surface area contributed by atoms with Crippen molar-refractivity contribution in [3.05, 3.63) is 41.6 Å². The average Bonchev–Trinajstić information content (AvgIpc) is 3.05. The number of fused-ring (bicyclic) bond motifs is 1. The van der Waals surface area contributed by atoms with Gasteiger partial charge in [-0.3, -0.25) is 19.4 Å². The van der Waals surface area contributed by atoms with Crippen LogP contribution in [0, 0.1) is 5.92 Å². The van der Waals surface area contributed by atoms with Crippen molar-refractivity contribution >= 4 is 28.6 Å². The fraction of sp³-hybridized carbons (Fsp3) is 0.429. The van der Waals surface area contributed by atoms with Gasteiger partial charge in [0.2, 0.25) is 11.8 Å². The number of piperidine rings is 1. The van der Waals surface area contributed by atoms with Gasteiger partial charge in [0, 0.05) is 44.4 Å². The molecule has 2 aromatic rings. The lowest BCUT2D eigenvalue weighted by Crippen LogP contribution is -2.42. The van der Waals surface area contributed by atoms with Gasteiger partial charge in [0.05, 0.1) is 22.7 Å². The van der Waals surface area contributed by atoms with E-state index in [1.807, 2.05) is 35.2 Å². The standard InChI is InChI=1S/C21H24N4O3/c1-24-12-15(11-18(24)26)21(28)25-8-6-13(7-9-25)19-16(20(22)27)10-14-4-2-3-5-17(14)23-19/h2-5,10,13,15H,6-9,11-12H2,1H3,(H2,22,27). The van der Waals surface area contributed by atoms with E-state index in [0.29, 0.717) is 31.6 Å². The molecule has 2 aliphatic heterocycles. The van der Waals surface area contributed by atoms with Crippen molar-refractivity contribution in [2.45, 2.75) is 25.2 Å².